The monoisotopic (exact) mass is 348 g/mol. The van der Waals surface area contributed by atoms with E-state index in [2.05, 4.69) is 63.9 Å². The van der Waals surface area contributed by atoms with Gasteiger partial charge in [0.1, 0.15) is 11.6 Å². The van der Waals surface area contributed by atoms with Gasteiger partial charge in [-0.25, -0.2) is 4.98 Å². The summed E-state index contributed by atoms with van der Waals surface area (Å²) in [6.07, 6.45) is 2.68. The Hall–Kier alpha value is -3.08. The third-order valence-electron chi connectivity index (χ3n) is 4.07. The summed E-state index contributed by atoms with van der Waals surface area (Å²) < 4.78 is 5.18. The van der Waals surface area contributed by atoms with Crippen molar-refractivity contribution in [2.75, 3.05) is 24.3 Å². The number of aromatic nitrogens is 2. The zero-order valence-electron chi connectivity index (χ0n) is 15.2. The summed E-state index contributed by atoms with van der Waals surface area (Å²) in [6, 6.07) is 18.4. The molecule has 0 bridgehead atoms. The average Bonchev–Trinajstić information content (AvgIpc) is 2.67. The number of nitrogens with zero attached hydrogens (tertiary/aromatic N) is 2. The van der Waals surface area contributed by atoms with Crippen molar-refractivity contribution in [3.05, 3.63) is 77.5 Å². The van der Waals surface area contributed by atoms with Crippen LogP contribution in [0.5, 0.6) is 5.75 Å². The number of hydrogen-bond acceptors (Lipinski definition) is 5. The van der Waals surface area contributed by atoms with Crippen LogP contribution in [-0.4, -0.2) is 23.6 Å². The predicted octanol–water partition coefficient (Wildman–Crippen LogP) is 4.06. The molecule has 0 fully saturated rings. The van der Waals surface area contributed by atoms with E-state index in [1.165, 1.54) is 16.7 Å². The third-order valence-corrected chi connectivity index (χ3v) is 4.07. The molecule has 0 spiro atoms. The second-order valence-corrected chi connectivity index (χ2v) is 6.13. The lowest BCUT2D eigenvalue weighted by Crippen LogP contribution is -2.09. The van der Waals surface area contributed by atoms with Crippen molar-refractivity contribution in [1.29, 1.82) is 0 Å². The number of rotatable bonds is 8. The Bertz CT molecular complexity index is 833. The topological polar surface area (TPSA) is 59.1 Å². The van der Waals surface area contributed by atoms with Gasteiger partial charge in [0.15, 0.2) is 0 Å². The molecule has 1 aromatic heterocycles. The van der Waals surface area contributed by atoms with Gasteiger partial charge in [-0.3, -0.25) is 0 Å². The first-order valence-corrected chi connectivity index (χ1v) is 8.72. The molecule has 0 unspecified atom stereocenters. The van der Waals surface area contributed by atoms with E-state index < -0.39 is 0 Å². The van der Waals surface area contributed by atoms with Crippen molar-refractivity contribution in [1.82, 2.24) is 9.97 Å². The van der Waals surface area contributed by atoms with Gasteiger partial charge in [0.05, 0.1) is 7.11 Å². The fraction of sp³-hybridized carbons (Fsp3) is 0.238. The Morgan fingerprint density at radius 1 is 0.962 bits per heavy atom. The standard InChI is InChI=1S/C21H24N4O/c1-16-4-3-5-18(14-16)15-24-21-23-13-11-20(25-21)22-12-10-17-6-8-19(26-2)9-7-17/h3-9,11,13-14H,10,12,15H2,1-2H3,(H2,22,23,24,25). The average molecular weight is 348 g/mol. The van der Waals surface area contributed by atoms with Crippen molar-refractivity contribution >= 4 is 11.8 Å². The molecule has 0 aliphatic heterocycles. The number of ether oxygens (including phenoxy) is 1. The van der Waals surface area contributed by atoms with Crippen molar-refractivity contribution in [3.8, 4) is 5.75 Å². The quantitative estimate of drug-likeness (QED) is 0.643. The maximum atomic E-state index is 5.18. The Balaban J connectivity index is 1.50. The first kappa shape index (κ1) is 17.7. The molecule has 2 N–H and O–H groups in total. The molecule has 1 heterocycles. The first-order chi connectivity index (χ1) is 12.7. The van der Waals surface area contributed by atoms with Crippen LogP contribution in [0.3, 0.4) is 0 Å². The summed E-state index contributed by atoms with van der Waals surface area (Å²) in [5, 5.41) is 6.62. The molecule has 5 nitrogen and oxygen atoms in total. The van der Waals surface area contributed by atoms with E-state index in [1.807, 2.05) is 18.2 Å². The molecule has 0 aliphatic rings. The van der Waals surface area contributed by atoms with E-state index in [4.69, 9.17) is 4.74 Å². The van der Waals surface area contributed by atoms with Gasteiger partial charge in [0, 0.05) is 19.3 Å². The van der Waals surface area contributed by atoms with Crippen LogP contribution in [-0.2, 0) is 13.0 Å². The highest BCUT2D eigenvalue weighted by Gasteiger charge is 2.01. The van der Waals surface area contributed by atoms with Crippen LogP contribution < -0.4 is 15.4 Å². The molecule has 0 aliphatic carbocycles. The van der Waals surface area contributed by atoms with Gasteiger partial charge in [-0.15, -0.1) is 0 Å². The predicted molar refractivity (Wildman–Crippen MR) is 106 cm³/mol. The Kier molecular flexibility index (Phi) is 6.04. The third kappa shape index (κ3) is 5.21. The van der Waals surface area contributed by atoms with Gasteiger partial charge in [0.25, 0.3) is 0 Å². The second-order valence-electron chi connectivity index (χ2n) is 6.13. The molecule has 3 aromatic rings. The van der Waals surface area contributed by atoms with Crippen LogP contribution in [0.1, 0.15) is 16.7 Å². The maximum absolute atomic E-state index is 5.18. The van der Waals surface area contributed by atoms with E-state index in [0.29, 0.717) is 12.5 Å². The summed E-state index contributed by atoms with van der Waals surface area (Å²) in [5.41, 5.74) is 3.72. The molecule has 2 aromatic carbocycles. The van der Waals surface area contributed by atoms with Crippen LogP contribution in [0, 0.1) is 6.92 Å². The second kappa shape index (κ2) is 8.85. The van der Waals surface area contributed by atoms with E-state index in [1.54, 1.807) is 13.3 Å². The number of aryl methyl sites for hydroxylation is 1. The minimum absolute atomic E-state index is 0.626. The zero-order chi connectivity index (χ0) is 18.2. The zero-order valence-corrected chi connectivity index (χ0v) is 15.2. The molecule has 0 saturated heterocycles. The SMILES string of the molecule is COc1ccc(CCNc2ccnc(NCc3cccc(C)c3)n2)cc1. The lowest BCUT2D eigenvalue weighted by Gasteiger charge is -2.09. The van der Waals surface area contributed by atoms with Gasteiger partial charge in [-0.05, 0) is 42.7 Å². The van der Waals surface area contributed by atoms with E-state index in [0.717, 1.165) is 24.5 Å². The molecule has 134 valence electrons. The lowest BCUT2D eigenvalue weighted by atomic mass is 10.1. The molecule has 3 rings (SSSR count). The van der Waals surface area contributed by atoms with E-state index in [-0.39, 0.29) is 0 Å². The molecule has 0 amide bonds. The summed E-state index contributed by atoms with van der Waals surface area (Å²) in [7, 11) is 1.68. The van der Waals surface area contributed by atoms with Crippen molar-refractivity contribution in [2.24, 2.45) is 0 Å². The van der Waals surface area contributed by atoms with Gasteiger partial charge >= 0.3 is 0 Å². The lowest BCUT2D eigenvalue weighted by molar-refractivity contribution is 0.414. The highest BCUT2D eigenvalue weighted by molar-refractivity contribution is 5.40. The smallest absolute Gasteiger partial charge is 0.224 e. The van der Waals surface area contributed by atoms with Crippen molar-refractivity contribution in [2.45, 2.75) is 19.9 Å². The number of hydrogen-bond donors (Lipinski definition) is 2. The maximum Gasteiger partial charge on any atom is 0.224 e. The van der Waals surface area contributed by atoms with Gasteiger partial charge in [0.2, 0.25) is 5.95 Å². The first-order valence-electron chi connectivity index (χ1n) is 8.72. The van der Waals surface area contributed by atoms with Crippen molar-refractivity contribution in [3.63, 3.8) is 0 Å². The molecule has 0 saturated carbocycles. The van der Waals surface area contributed by atoms with E-state index in [9.17, 15) is 0 Å². The van der Waals surface area contributed by atoms with Crippen LogP contribution in [0.2, 0.25) is 0 Å². The van der Waals surface area contributed by atoms with Crippen LogP contribution in [0.25, 0.3) is 0 Å². The fourth-order valence-corrected chi connectivity index (χ4v) is 2.67. The molecule has 5 heteroatoms. The van der Waals surface area contributed by atoms with Gasteiger partial charge in [-0.2, -0.15) is 4.98 Å². The molecule has 26 heavy (non-hydrogen) atoms. The largest absolute Gasteiger partial charge is 0.497 e. The number of anilines is 2. The normalized spacial score (nSPS) is 10.4. The minimum Gasteiger partial charge on any atom is -0.497 e. The molecular formula is C21H24N4O. The fourth-order valence-electron chi connectivity index (χ4n) is 2.67. The minimum atomic E-state index is 0.626. The van der Waals surface area contributed by atoms with E-state index >= 15 is 0 Å². The highest BCUT2D eigenvalue weighted by atomic mass is 16.5. The Labute approximate surface area is 154 Å². The number of nitrogens with one attached hydrogen (secondary N) is 2. The molecule has 0 radical (unpaired) electrons. The van der Waals surface area contributed by atoms with Crippen LogP contribution in [0.15, 0.2) is 60.8 Å². The van der Waals surface area contributed by atoms with Crippen molar-refractivity contribution < 1.29 is 4.74 Å². The molecule has 0 atom stereocenters. The van der Waals surface area contributed by atoms with Gasteiger partial charge < -0.3 is 15.4 Å². The summed E-state index contributed by atoms with van der Waals surface area (Å²) in [4.78, 5) is 8.80. The Morgan fingerprint density at radius 2 is 1.81 bits per heavy atom. The number of benzene rings is 2. The summed E-state index contributed by atoms with van der Waals surface area (Å²) >= 11 is 0. The number of methoxy groups -OCH3 is 1. The molecular weight excluding hydrogens is 324 g/mol. The van der Waals surface area contributed by atoms with Crippen LogP contribution in [0.4, 0.5) is 11.8 Å². The Morgan fingerprint density at radius 3 is 2.58 bits per heavy atom. The van der Waals surface area contributed by atoms with Gasteiger partial charge in [-0.1, -0.05) is 42.0 Å². The highest BCUT2D eigenvalue weighted by Crippen LogP contribution is 2.12. The summed E-state index contributed by atoms with van der Waals surface area (Å²) in [5.74, 6) is 2.32. The summed E-state index contributed by atoms with van der Waals surface area (Å²) in [6.45, 7) is 3.60. The van der Waals surface area contributed by atoms with Crippen LogP contribution >= 0.6 is 0 Å².